The van der Waals surface area contributed by atoms with E-state index in [2.05, 4.69) is 20.3 Å². The SMILES string of the molecule is Cc1ccc(OCC(=O)Nc2ccc(Oc3cc(-n4cnc(C)c4C)nc(C)n3)cc2)cc1. The molecule has 0 bridgehead atoms. The van der Waals surface area contributed by atoms with Crippen molar-refractivity contribution >= 4 is 11.6 Å². The van der Waals surface area contributed by atoms with Gasteiger partial charge in [-0.3, -0.25) is 9.36 Å². The van der Waals surface area contributed by atoms with Crippen LogP contribution in [0.15, 0.2) is 60.9 Å². The third kappa shape index (κ3) is 5.54. The largest absolute Gasteiger partial charge is 0.484 e. The van der Waals surface area contributed by atoms with E-state index in [9.17, 15) is 4.79 Å². The first-order chi connectivity index (χ1) is 15.9. The van der Waals surface area contributed by atoms with Crippen molar-refractivity contribution in [3.8, 4) is 23.2 Å². The van der Waals surface area contributed by atoms with Crippen molar-refractivity contribution in [2.75, 3.05) is 11.9 Å². The minimum atomic E-state index is -0.244. The molecule has 168 valence electrons. The van der Waals surface area contributed by atoms with Gasteiger partial charge in [-0.1, -0.05) is 17.7 Å². The number of benzene rings is 2. The average Bonchev–Trinajstić information content (AvgIpc) is 3.13. The molecule has 2 aromatic carbocycles. The topological polar surface area (TPSA) is 91.2 Å². The maximum Gasteiger partial charge on any atom is 0.262 e. The summed E-state index contributed by atoms with van der Waals surface area (Å²) >= 11 is 0. The number of rotatable bonds is 7. The molecule has 2 aromatic heterocycles. The smallest absolute Gasteiger partial charge is 0.262 e. The van der Waals surface area contributed by atoms with Gasteiger partial charge in [0.25, 0.3) is 5.91 Å². The van der Waals surface area contributed by atoms with Gasteiger partial charge in [-0.15, -0.1) is 0 Å². The minimum absolute atomic E-state index is 0.0720. The van der Waals surface area contributed by atoms with Crippen LogP contribution in [0.25, 0.3) is 5.82 Å². The second kappa shape index (κ2) is 9.52. The van der Waals surface area contributed by atoms with Crippen molar-refractivity contribution in [2.24, 2.45) is 0 Å². The minimum Gasteiger partial charge on any atom is -0.484 e. The lowest BCUT2D eigenvalue weighted by molar-refractivity contribution is -0.118. The van der Waals surface area contributed by atoms with Crippen molar-refractivity contribution in [1.29, 1.82) is 0 Å². The Balaban J connectivity index is 1.38. The third-order valence-corrected chi connectivity index (χ3v) is 5.05. The third-order valence-electron chi connectivity index (χ3n) is 5.05. The summed E-state index contributed by atoms with van der Waals surface area (Å²) in [6.45, 7) is 7.67. The Bertz CT molecular complexity index is 1260. The molecule has 2 heterocycles. The maximum absolute atomic E-state index is 12.2. The van der Waals surface area contributed by atoms with Crippen molar-refractivity contribution in [3.05, 3.63) is 83.7 Å². The summed E-state index contributed by atoms with van der Waals surface area (Å²) in [4.78, 5) is 25.3. The lowest BCUT2D eigenvalue weighted by Gasteiger charge is -2.11. The summed E-state index contributed by atoms with van der Waals surface area (Å²) in [6.07, 6.45) is 1.73. The van der Waals surface area contributed by atoms with Gasteiger partial charge in [0.05, 0.1) is 5.69 Å². The summed E-state index contributed by atoms with van der Waals surface area (Å²) in [7, 11) is 0. The van der Waals surface area contributed by atoms with Crippen LogP contribution in [0.3, 0.4) is 0 Å². The molecule has 8 heteroatoms. The predicted octanol–water partition coefficient (Wildman–Crippen LogP) is 4.71. The van der Waals surface area contributed by atoms with Crippen molar-refractivity contribution in [1.82, 2.24) is 19.5 Å². The van der Waals surface area contributed by atoms with E-state index in [1.807, 2.05) is 56.5 Å². The molecular formula is C25H25N5O3. The number of amides is 1. The molecule has 33 heavy (non-hydrogen) atoms. The fraction of sp³-hybridized carbons (Fsp3) is 0.200. The molecule has 0 saturated carbocycles. The molecule has 0 atom stereocenters. The molecule has 0 unspecified atom stereocenters. The van der Waals surface area contributed by atoms with Gasteiger partial charge in [-0.25, -0.2) is 9.97 Å². The highest BCUT2D eigenvalue weighted by Gasteiger charge is 2.10. The summed E-state index contributed by atoms with van der Waals surface area (Å²) < 4.78 is 13.3. The second-order valence-corrected chi connectivity index (χ2v) is 7.67. The van der Waals surface area contributed by atoms with E-state index < -0.39 is 0 Å². The zero-order valence-electron chi connectivity index (χ0n) is 19.0. The van der Waals surface area contributed by atoms with Crippen LogP contribution in [0.1, 0.15) is 22.8 Å². The van der Waals surface area contributed by atoms with E-state index in [1.165, 1.54) is 0 Å². The molecule has 0 fully saturated rings. The number of aryl methyl sites for hydroxylation is 3. The number of nitrogens with zero attached hydrogens (tertiary/aromatic N) is 4. The Morgan fingerprint density at radius 3 is 2.30 bits per heavy atom. The summed E-state index contributed by atoms with van der Waals surface area (Å²) in [5.41, 5.74) is 3.72. The Kier molecular flexibility index (Phi) is 6.35. The van der Waals surface area contributed by atoms with E-state index in [0.29, 0.717) is 34.7 Å². The molecule has 0 radical (unpaired) electrons. The standard InChI is InChI=1S/C25H25N5O3/c1-16-5-9-21(10-6-16)32-14-24(31)29-20-7-11-22(12-8-20)33-25-13-23(27-19(4)28-25)30-15-26-17(2)18(30)3/h5-13,15H,14H2,1-4H3,(H,29,31). The Labute approximate surface area is 192 Å². The Hall–Kier alpha value is -4.20. The Morgan fingerprint density at radius 1 is 0.939 bits per heavy atom. The Morgan fingerprint density at radius 2 is 1.64 bits per heavy atom. The normalized spacial score (nSPS) is 10.7. The summed E-state index contributed by atoms with van der Waals surface area (Å²) in [5, 5.41) is 2.81. The van der Waals surface area contributed by atoms with E-state index in [1.54, 1.807) is 36.7 Å². The fourth-order valence-corrected chi connectivity index (χ4v) is 3.14. The lowest BCUT2D eigenvalue weighted by atomic mass is 10.2. The molecule has 0 spiro atoms. The number of imidazole rings is 1. The average molecular weight is 444 g/mol. The van der Waals surface area contributed by atoms with E-state index >= 15 is 0 Å². The van der Waals surface area contributed by atoms with E-state index in [-0.39, 0.29) is 12.5 Å². The van der Waals surface area contributed by atoms with Gasteiger partial charge in [-0.2, -0.15) is 4.98 Å². The maximum atomic E-state index is 12.2. The first-order valence-electron chi connectivity index (χ1n) is 10.5. The molecule has 0 saturated heterocycles. The first kappa shape index (κ1) is 22.0. The zero-order valence-corrected chi connectivity index (χ0v) is 19.0. The number of hydrogen-bond donors (Lipinski definition) is 1. The van der Waals surface area contributed by atoms with Crippen LogP contribution in [-0.2, 0) is 4.79 Å². The molecular weight excluding hydrogens is 418 g/mol. The summed E-state index contributed by atoms with van der Waals surface area (Å²) in [6, 6.07) is 16.4. The number of carbonyl (C=O) groups is 1. The van der Waals surface area contributed by atoms with Crippen LogP contribution >= 0.6 is 0 Å². The van der Waals surface area contributed by atoms with Crippen molar-refractivity contribution in [3.63, 3.8) is 0 Å². The molecule has 4 aromatic rings. The van der Waals surface area contributed by atoms with Crippen LogP contribution in [0.4, 0.5) is 5.69 Å². The number of aromatic nitrogens is 4. The molecule has 4 rings (SSSR count). The van der Waals surface area contributed by atoms with Gasteiger partial charge in [0.15, 0.2) is 6.61 Å². The number of carbonyl (C=O) groups excluding carboxylic acids is 1. The fourth-order valence-electron chi connectivity index (χ4n) is 3.14. The van der Waals surface area contributed by atoms with E-state index in [4.69, 9.17) is 9.47 Å². The van der Waals surface area contributed by atoms with Crippen LogP contribution in [-0.4, -0.2) is 32.0 Å². The number of nitrogens with one attached hydrogen (secondary N) is 1. The number of hydrogen-bond acceptors (Lipinski definition) is 6. The first-order valence-corrected chi connectivity index (χ1v) is 10.5. The molecule has 1 amide bonds. The molecule has 0 aliphatic carbocycles. The monoisotopic (exact) mass is 443 g/mol. The van der Waals surface area contributed by atoms with Crippen LogP contribution < -0.4 is 14.8 Å². The number of ether oxygens (including phenoxy) is 2. The molecule has 8 nitrogen and oxygen atoms in total. The van der Waals surface area contributed by atoms with Gasteiger partial charge in [-0.05, 0) is 64.1 Å². The van der Waals surface area contributed by atoms with Crippen LogP contribution in [0.2, 0.25) is 0 Å². The quantitative estimate of drug-likeness (QED) is 0.445. The van der Waals surface area contributed by atoms with Gasteiger partial charge in [0, 0.05) is 17.4 Å². The highest BCUT2D eigenvalue weighted by molar-refractivity contribution is 5.91. The second-order valence-electron chi connectivity index (χ2n) is 7.67. The van der Waals surface area contributed by atoms with Crippen molar-refractivity contribution in [2.45, 2.75) is 27.7 Å². The zero-order chi connectivity index (χ0) is 23.4. The highest BCUT2D eigenvalue weighted by Crippen LogP contribution is 2.24. The number of anilines is 1. The van der Waals surface area contributed by atoms with Crippen LogP contribution in [0, 0.1) is 27.7 Å². The predicted molar refractivity (Wildman–Crippen MR) is 125 cm³/mol. The molecule has 1 N–H and O–H groups in total. The highest BCUT2D eigenvalue weighted by atomic mass is 16.5. The summed E-state index contributed by atoms with van der Waals surface area (Å²) in [5.74, 6) is 2.70. The van der Waals surface area contributed by atoms with Gasteiger partial charge in [0.1, 0.15) is 29.5 Å². The molecule has 0 aliphatic heterocycles. The van der Waals surface area contributed by atoms with Gasteiger partial charge in [0.2, 0.25) is 5.88 Å². The lowest BCUT2D eigenvalue weighted by Crippen LogP contribution is -2.20. The van der Waals surface area contributed by atoms with E-state index in [0.717, 1.165) is 17.0 Å². The van der Waals surface area contributed by atoms with Gasteiger partial charge < -0.3 is 14.8 Å². The van der Waals surface area contributed by atoms with Crippen LogP contribution in [0.5, 0.6) is 17.4 Å². The molecule has 0 aliphatic rings. The van der Waals surface area contributed by atoms with Gasteiger partial charge >= 0.3 is 0 Å². The van der Waals surface area contributed by atoms with Crippen molar-refractivity contribution < 1.29 is 14.3 Å².